The summed E-state index contributed by atoms with van der Waals surface area (Å²) in [6.45, 7) is 2.27. The van der Waals surface area contributed by atoms with E-state index in [0.29, 0.717) is 0 Å². The molecule has 0 saturated heterocycles. The third-order valence-electron chi connectivity index (χ3n) is 4.30. The minimum absolute atomic E-state index is 0.793. The van der Waals surface area contributed by atoms with Crippen LogP contribution in [-0.2, 0) is 12.8 Å². The number of nitrogens with zero attached hydrogens (tertiary/aromatic N) is 4. The van der Waals surface area contributed by atoms with E-state index < -0.39 is 0 Å². The Bertz CT molecular complexity index is 755. The maximum atomic E-state index is 4.78. The van der Waals surface area contributed by atoms with Gasteiger partial charge in [-0.25, -0.2) is 9.50 Å². The molecule has 1 aliphatic rings. The Morgan fingerprint density at radius 2 is 2.35 bits per heavy atom. The summed E-state index contributed by atoms with van der Waals surface area (Å²) in [6, 6.07) is 0. The molecule has 1 N–H and O–H groups in total. The molecule has 0 spiro atoms. The number of hydrogen-bond acceptors (Lipinski definition) is 3. The van der Waals surface area contributed by atoms with Crippen molar-refractivity contribution in [3.8, 4) is 11.4 Å². The van der Waals surface area contributed by atoms with Crippen LogP contribution in [0.15, 0.2) is 24.8 Å². The molecule has 0 fully saturated rings. The van der Waals surface area contributed by atoms with E-state index in [2.05, 4.69) is 22.0 Å². The number of hydrogen-bond donors (Lipinski definition) is 1. The molecule has 0 radical (unpaired) electrons. The number of aryl methyl sites for hydroxylation is 1. The van der Waals surface area contributed by atoms with Crippen molar-refractivity contribution in [3.05, 3.63) is 36.2 Å². The summed E-state index contributed by atoms with van der Waals surface area (Å²) in [6.07, 6.45) is 12.0. The number of fused-ring (bicyclic) bond motifs is 2. The summed E-state index contributed by atoms with van der Waals surface area (Å²) in [5.74, 6) is 1.72. The van der Waals surface area contributed by atoms with Crippen molar-refractivity contribution in [1.82, 2.24) is 24.6 Å². The second kappa shape index (κ2) is 4.44. The molecule has 3 aromatic rings. The Morgan fingerprint density at radius 1 is 1.40 bits per heavy atom. The predicted molar refractivity (Wildman–Crippen MR) is 76.4 cm³/mol. The Morgan fingerprint density at radius 3 is 3.25 bits per heavy atom. The molecule has 0 amide bonds. The lowest BCUT2D eigenvalue weighted by Crippen LogP contribution is -2.12. The van der Waals surface area contributed by atoms with Crippen molar-refractivity contribution >= 4 is 5.52 Å². The van der Waals surface area contributed by atoms with Crippen molar-refractivity contribution in [3.63, 3.8) is 0 Å². The largest absolute Gasteiger partial charge is 0.341 e. The van der Waals surface area contributed by atoms with Gasteiger partial charge in [0.25, 0.3) is 0 Å². The van der Waals surface area contributed by atoms with Gasteiger partial charge in [0.05, 0.1) is 29.2 Å². The van der Waals surface area contributed by atoms with Crippen LogP contribution >= 0.6 is 0 Å². The van der Waals surface area contributed by atoms with Gasteiger partial charge in [-0.15, -0.1) is 0 Å². The van der Waals surface area contributed by atoms with E-state index in [0.717, 1.165) is 35.7 Å². The zero-order valence-corrected chi connectivity index (χ0v) is 11.5. The van der Waals surface area contributed by atoms with Gasteiger partial charge >= 0.3 is 0 Å². The fraction of sp³-hybridized carbons (Fsp3) is 0.400. The lowest BCUT2D eigenvalue weighted by atomic mass is 9.88. The fourth-order valence-corrected chi connectivity index (χ4v) is 3.05. The molecule has 3 aromatic heterocycles. The second-order valence-corrected chi connectivity index (χ2v) is 5.49. The molecular weight excluding hydrogens is 250 g/mol. The van der Waals surface area contributed by atoms with Crippen LogP contribution in [0.4, 0.5) is 0 Å². The Labute approximate surface area is 117 Å². The van der Waals surface area contributed by atoms with Crippen LogP contribution < -0.4 is 0 Å². The zero-order chi connectivity index (χ0) is 13.5. The quantitative estimate of drug-likeness (QED) is 0.776. The molecule has 0 saturated carbocycles. The molecule has 0 aromatic carbocycles. The fourth-order valence-electron chi connectivity index (χ4n) is 3.05. The monoisotopic (exact) mass is 267 g/mol. The number of rotatable bonds is 2. The van der Waals surface area contributed by atoms with Gasteiger partial charge in [-0.05, 0) is 25.2 Å². The van der Waals surface area contributed by atoms with Gasteiger partial charge in [-0.2, -0.15) is 5.10 Å². The number of aromatic amines is 1. The minimum Gasteiger partial charge on any atom is -0.341 e. The molecule has 4 rings (SSSR count). The highest BCUT2D eigenvalue weighted by molar-refractivity contribution is 5.75. The second-order valence-electron chi connectivity index (χ2n) is 5.49. The van der Waals surface area contributed by atoms with Crippen LogP contribution in [0.3, 0.4) is 0 Å². The van der Waals surface area contributed by atoms with Crippen LogP contribution in [0.5, 0.6) is 0 Å². The van der Waals surface area contributed by atoms with Gasteiger partial charge in [-0.1, -0.05) is 13.3 Å². The molecular formula is C15H17N5. The van der Waals surface area contributed by atoms with Crippen molar-refractivity contribution in [2.24, 2.45) is 5.92 Å². The SMILES string of the molecule is CCC1CCc2nc(-c3cnn4ccncc34)[nH]c2C1. The van der Waals surface area contributed by atoms with Gasteiger partial charge < -0.3 is 4.98 Å². The summed E-state index contributed by atoms with van der Waals surface area (Å²) in [5.41, 5.74) is 4.56. The van der Waals surface area contributed by atoms with E-state index in [-0.39, 0.29) is 0 Å². The molecule has 102 valence electrons. The van der Waals surface area contributed by atoms with E-state index in [1.54, 1.807) is 6.20 Å². The lowest BCUT2D eigenvalue weighted by molar-refractivity contribution is 0.438. The smallest absolute Gasteiger partial charge is 0.141 e. The maximum Gasteiger partial charge on any atom is 0.141 e. The number of H-pyrrole nitrogens is 1. The van der Waals surface area contributed by atoms with Crippen LogP contribution in [0.1, 0.15) is 31.2 Å². The standard InChI is InChI=1S/C15H17N5/c1-2-10-3-4-12-13(7-10)19-15(18-12)11-8-17-20-6-5-16-9-14(11)20/h5-6,8-10H,2-4,7H2,1H3,(H,18,19). The first kappa shape index (κ1) is 11.6. The number of nitrogens with one attached hydrogen (secondary N) is 1. The molecule has 1 unspecified atom stereocenters. The topological polar surface area (TPSA) is 58.9 Å². The van der Waals surface area contributed by atoms with E-state index in [4.69, 9.17) is 4.98 Å². The summed E-state index contributed by atoms with van der Waals surface area (Å²) in [7, 11) is 0. The summed E-state index contributed by atoms with van der Waals surface area (Å²) in [4.78, 5) is 12.5. The molecule has 5 heteroatoms. The molecule has 1 aliphatic carbocycles. The highest BCUT2D eigenvalue weighted by Gasteiger charge is 2.22. The average molecular weight is 267 g/mol. The molecule has 1 atom stereocenters. The van der Waals surface area contributed by atoms with Crippen molar-refractivity contribution < 1.29 is 0 Å². The van der Waals surface area contributed by atoms with Crippen molar-refractivity contribution in [2.45, 2.75) is 32.6 Å². The Balaban J connectivity index is 1.78. The van der Waals surface area contributed by atoms with Crippen LogP contribution in [0, 0.1) is 5.92 Å². The van der Waals surface area contributed by atoms with E-state index >= 15 is 0 Å². The maximum absolute atomic E-state index is 4.78. The highest BCUT2D eigenvalue weighted by atomic mass is 15.2. The first-order valence-electron chi connectivity index (χ1n) is 7.20. The molecule has 3 heterocycles. The zero-order valence-electron chi connectivity index (χ0n) is 11.5. The Hall–Kier alpha value is -2.17. The van der Waals surface area contributed by atoms with Crippen LogP contribution in [0.25, 0.3) is 16.9 Å². The van der Waals surface area contributed by atoms with Crippen molar-refractivity contribution in [1.29, 1.82) is 0 Å². The molecule has 5 nitrogen and oxygen atoms in total. The van der Waals surface area contributed by atoms with Gasteiger partial charge in [0.15, 0.2) is 0 Å². The average Bonchev–Trinajstić information content (AvgIpc) is 3.09. The molecule has 20 heavy (non-hydrogen) atoms. The summed E-state index contributed by atoms with van der Waals surface area (Å²) < 4.78 is 1.83. The van der Waals surface area contributed by atoms with Crippen molar-refractivity contribution in [2.75, 3.05) is 0 Å². The highest BCUT2D eigenvalue weighted by Crippen LogP contribution is 2.29. The van der Waals surface area contributed by atoms with Crippen LogP contribution in [-0.4, -0.2) is 24.6 Å². The lowest BCUT2D eigenvalue weighted by Gasteiger charge is -2.18. The van der Waals surface area contributed by atoms with Crippen LogP contribution in [0.2, 0.25) is 0 Å². The minimum atomic E-state index is 0.793. The first-order valence-corrected chi connectivity index (χ1v) is 7.20. The third kappa shape index (κ3) is 1.73. The van der Waals surface area contributed by atoms with Gasteiger partial charge in [0, 0.05) is 18.1 Å². The van der Waals surface area contributed by atoms with Gasteiger partial charge in [-0.3, -0.25) is 4.98 Å². The normalized spacial score (nSPS) is 18.4. The molecule has 0 aliphatic heterocycles. The van der Waals surface area contributed by atoms with E-state index in [9.17, 15) is 0 Å². The predicted octanol–water partition coefficient (Wildman–Crippen LogP) is 2.63. The van der Waals surface area contributed by atoms with Gasteiger partial charge in [0.1, 0.15) is 5.82 Å². The third-order valence-corrected chi connectivity index (χ3v) is 4.30. The molecule has 0 bridgehead atoms. The van der Waals surface area contributed by atoms with E-state index in [1.165, 1.54) is 24.2 Å². The Kier molecular flexibility index (Phi) is 2.58. The number of imidazole rings is 1. The van der Waals surface area contributed by atoms with E-state index in [1.807, 2.05) is 23.1 Å². The number of aromatic nitrogens is 5. The first-order chi connectivity index (χ1) is 9.85. The van der Waals surface area contributed by atoms with Gasteiger partial charge in [0.2, 0.25) is 0 Å². The summed E-state index contributed by atoms with van der Waals surface area (Å²) in [5, 5.41) is 4.35. The summed E-state index contributed by atoms with van der Waals surface area (Å²) >= 11 is 0.